The third-order valence-corrected chi connectivity index (χ3v) is 5.35. The lowest BCUT2D eigenvalue weighted by atomic mass is 10.2. The van der Waals surface area contributed by atoms with Gasteiger partial charge in [0.15, 0.2) is 0 Å². The smallest absolute Gasteiger partial charge is 0.243 e. The maximum absolute atomic E-state index is 13.8. The molecule has 2 rings (SSSR count). The predicted octanol–water partition coefficient (Wildman–Crippen LogP) is 1.22. The molecule has 1 N–H and O–H groups in total. The van der Waals surface area contributed by atoms with Crippen molar-refractivity contribution in [3.63, 3.8) is 0 Å². The number of morpholine rings is 1. The number of benzene rings is 1. The number of ether oxygens (including phenoxy) is 1. The third kappa shape index (κ3) is 3.12. The fraction of sp³-hybridized carbons (Fsp3) is 0.500. The first-order valence-electron chi connectivity index (χ1n) is 6.17. The first-order valence-corrected chi connectivity index (χ1v) is 7.99. The molecule has 0 spiro atoms. The Bertz CT molecular complexity index is 589. The number of hydrogen-bond donors (Lipinski definition) is 1. The van der Waals surface area contributed by atoms with Crippen molar-refractivity contribution in [3.05, 3.63) is 28.5 Å². The highest BCUT2D eigenvalue weighted by Gasteiger charge is 2.27. The van der Waals surface area contributed by atoms with E-state index in [4.69, 9.17) is 16.3 Å². The minimum Gasteiger partial charge on any atom is -0.379 e. The molecule has 1 fully saturated rings. The molecule has 1 saturated heterocycles. The zero-order valence-corrected chi connectivity index (χ0v) is 12.6. The van der Waals surface area contributed by atoms with Crippen molar-refractivity contribution in [3.8, 4) is 0 Å². The third-order valence-electron chi connectivity index (χ3n) is 3.05. The summed E-state index contributed by atoms with van der Waals surface area (Å²) in [6, 6.07) is 2.37. The van der Waals surface area contributed by atoms with Crippen LogP contribution in [0.1, 0.15) is 5.56 Å². The Morgan fingerprint density at radius 2 is 2.05 bits per heavy atom. The molecular formula is C12H16ClFN2O3S. The number of nitrogens with one attached hydrogen (secondary N) is 1. The van der Waals surface area contributed by atoms with Crippen LogP contribution in [0.25, 0.3) is 0 Å². The largest absolute Gasteiger partial charge is 0.379 e. The predicted molar refractivity (Wildman–Crippen MR) is 73.8 cm³/mol. The molecule has 5 nitrogen and oxygen atoms in total. The van der Waals surface area contributed by atoms with Gasteiger partial charge in [0.1, 0.15) is 5.82 Å². The zero-order valence-electron chi connectivity index (χ0n) is 11.0. The van der Waals surface area contributed by atoms with E-state index < -0.39 is 15.8 Å². The summed E-state index contributed by atoms with van der Waals surface area (Å²) in [7, 11) is -2.04. The molecule has 0 atom stereocenters. The van der Waals surface area contributed by atoms with Gasteiger partial charge in [-0.25, -0.2) is 12.8 Å². The fourth-order valence-corrected chi connectivity index (χ4v) is 3.67. The molecule has 1 aliphatic rings. The van der Waals surface area contributed by atoms with Gasteiger partial charge in [0.25, 0.3) is 0 Å². The topological polar surface area (TPSA) is 58.6 Å². The summed E-state index contributed by atoms with van der Waals surface area (Å²) < 4.78 is 45.1. The van der Waals surface area contributed by atoms with Crippen LogP contribution in [0.4, 0.5) is 4.39 Å². The highest BCUT2D eigenvalue weighted by molar-refractivity contribution is 7.89. The van der Waals surface area contributed by atoms with Gasteiger partial charge < -0.3 is 10.1 Å². The minimum atomic E-state index is -3.72. The van der Waals surface area contributed by atoms with E-state index in [2.05, 4.69) is 5.32 Å². The Labute approximate surface area is 122 Å². The lowest BCUT2D eigenvalue weighted by molar-refractivity contribution is 0.0730. The van der Waals surface area contributed by atoms with Crippen molar-refractivity contribution >= 4 is 21.6 Å². The Balaban J connectivity index is 2.40. The van der Waals surface area contributed by atoms with Gasteiger partial charge in [-0.15, -0.1) is 0 Å². The van der Waals surface area contributed by atoms with E-state index in [1.54, 1.807) is 7.05 Å². The second-order valence-corrected chi connectivity index (χ2v) is 6.74. The van der Waals surface area contributed by atoms with Gasteiger partial charge in [0.2, 0.25) is 10.0 Å². The lowest BCUT2D eigenvalue weighted by Crippen LogP contribution is -2.40. The summed E-state index contributed by atoms with van der Waals surface area (Å²) in [6.07, 6.45) is 0. The Morgan fingerprint density at radius 3 is 2.65 bits per heavy atom. The monoisotopic (exact) mass is 322 g/mol. The number of nitrogens with zero attached hydrogens (tertiary/aromatic N) is 1. The van der Waals surface area contributed by atoms with Crippen LogP contribution >= 0.6 is 11.6 Å². The standard InChI is InChI=1S/C12H16ClFN2O3S/c1-15-8-9-6-10(7-11(14)12(9)13)20(17,18)16-2-4-19-5-3-16/h6-7,15H,2-5,8H2,1H3. The molecule has 1 aromatic rings. The molecule has 20 heavy (non-hydrogen) atoms. The van der Waals surface area contributed by atoms with Gasteiger partial charge in [0, 0.05) is 19.6 Å². The van der Waals surface area contributed by atoms with Gasteiger partial charge in [-0.3, -0.25) is 0 Å². The van der Waals surface area contributed by atoms with Crippen LogP contribution < -0.4 is 5.32 Å². The van der Waals surface area contributed by atoms with Gasteiger partial charge in [-0.2, -0.15) is 4.31 Å². The van der Waals surface area contributed by atoms with E-state index >= 15 is 0 Å². The minimum absolute atomic E-state index is 0.0553. The second kappa shape index (κ2) is 6.36. The van der Waals surface area contributed by atoms with Crippen molar-refractivity contribution in [2.24, 2.45) is 0 Å². The van der Waals surface area contributed by atoms with Crippen LogP contribution in [0.3, 0.4) is 0 Å². The Morgan fingerprint density at radius 1 is 1.40 bits per heavy atom. The molecule has 112 valence electrons. The van der Waals surface area contributed by atoms with Crippen molar-refractivity contribution < 1.29 is 17.5 Å². The van der Waals surface area contributed by atoms with Gasteiger partial charge in [-0.05, 0) is 24.7 Å². The van der Waals surface area contributed by atoms with Crippen molar-refractivity contribution in [1.29, 1.82) is 0 Å². The molecular weight excluding hydrogens is 307 g/mol. The SMILES string of the molecule is CNCc1cc(S(=O)(=O)N2CCOCC2)cc(F)c1Cl. The summed E-state index contributed by atoms with van der Waals surface area (Å²) >= 11 is 5.84. The average Bonchev–Trinajstić information content (AvgIpc) is 2.44. The average molecular weight is 323 g/mol. The lowest BCUT2D eigenvalue weighted by Gasteiger charge is -2.26. The molecule has 0 unspecified atom stereocenters. The Hall–Kier alpha value is -0.730. The van der Waals surface area contributed by atoms with Crippen LogP contribution in [-0.2, 0) is 21.3 Å². The number of sulfonamides is 1. The molecule has 1 aliphatic heterocycles. The van der Waals surface area contributed by atoms with Gasteiger partial charge in [-0.1, -0.05) is 11.6 Å². The molecule has 1 heterocycles. The highest BCUT2D eigenvalue weighted by atomic mass is 35.5. The fourth-order valence-electron chi connectivity index (χ4n) is 2.02. The molecule has 0 aliphatic carbocycles. The number of hydrogen-bond acceptors (Lipinski definition) is 4. The highest BCUT2D eigenvalue weighted by Crippen LogP contribution is 2.26. The van der Waals surface area contributed by atoms with Crippen LogP contribution in [0.2, 0.25) is 5.02 Å². The van der Waals surface area contributed by atoms with E-state index in [0.29, 0.717) is 25.3 Å². The van der Waals surface area contributed by atoms with E-state index in [1.165, 1.54) is 10.4 Å². The maximum Gasteiger partial charge on any atom is 0.243 e. The van der Waals surface area contributed by atoms with E-state index in [9.17, 15) is 12.8 Å². The summed E-state index contributed by atoms with van der Waals surface area (Å²) in [4.78, 5) is -0.0773. The maximum atomic E-state index is 13.8. The van der Waals surface area contributed by atoms with Crippen LogP contribution in [0.15, 0.2) is 17.0 Å². The molecule has 0 radical (unpaired) electrons. The quantitative estimate of drug-likeness (QED) is 0.905. The summed E-state index contributed by atoms with van der Waals surface area (Å²) in [5, 5.41) is 2.78. The first-order chi connectivity index (χ1) is 9.46. The van der Waals surface area contributed by atoms with Gasteiger partial charge in [0.05, 0.1) is 23.1 Å². The summed E-state index contributed by atoms with van der Waals surface area (Å²) in [5.41, 5.74) is 0.418. The second-order valence-electron chi connectivity index (χ2n) is 4.42. The summed E-state index contributed by atoms with van der Waals surface area (Å²) in [5.74, 6) is -0.730. The van der Waals surface area contributed by atoms with Crippen molar-refractivity contribution in [2.75, 3.05) is 33.4 Å². The van der Waals surface area contributed by atoms with E-state index in [0.717, 1.165) is 6.07 Å². The van der Waals surface area contributed by atoms with Crippen molar-refractivity contribution in [1.82, 2.24) is 9.62 Å². The van der Waals surface area contributed by atoms with Crippen LogP contribution in [0.5, 0.6) is 0 Å². The van der Waals surface area contributed by atoms with Crippen LogP contribution in [0, 0.1) is 5.82 Å². The van der Waals surface area contributed by atoms with Crippen molar-refractivity contribution in [2.45, 2.75) is 11.4 Å². The number of rotatable bonds is 4. The summed E-state index contributed by atoms with van der Waals surface area (Å²) in [6.45, 7) is 1.53. The van der Waals surface area contributed by atoms with E-state index in [-0.39, 0.29) is 23.0 Å². The zero-order chi connectivity index (χ0) is 14.8. The van der Waals surface area contributed by atoms with Gasteiger partial charge >= 0.3 is 0 Å². The molecule has 0 amide bonds. The Kier molecular flexibility index (Phi) is 4.98. The molecule has 0 saturated carbocycles. The molecule has 8 heteroatoms. The first kappa shape index (κ1) is 15.7. The molecule has 0 aromatic heterocycles. The van der Waals surface area contributed by atoms with Crippen LogP contribution in [-0.4, -0.2) is 46.1 Å². The van der Waals surface area contributed by atoms with E-state index in [1.807, 2.05) is 0 Å². The normalized spacial score (nSPS) is 17.4. The molecule has 0 bridgehead atoms. The molecule has 1 aromatic carbocycles. The number of halogens is 2.